The topological polar surface area (TPSA) is 39.9 Å². The van der Waals surface area contributed by atoms with Crippen LogP contribution in [0.15, 0.2) is 24.5 Å². The molecule has 0 aliphatic heterocycles. The first kappa shape index (κ1) is 12.0. The lowest BCUT2D eigenvalue weighted by Crippen LogP contribution is -2.05. The van der Waals surface area contributed by atoms with Gasteiger partial charge in [0, 0.05) is 19.2 Å². The van der Waals surface area contributed by atoms with Crippen molar-refractivity contribution in [2.24, 2.45) is 0 Å². The van der Waals surface area contributed by atoms with Crippen molar-refractivity contribution in [3.63, 3.8) is 0 Å². The Balaban J connectivity index is 2.32. The highest BCUT2D eigenvalue weighted by atomic mass is 35.5. The van der Waals surface area contributed by atoms with Gasteiger partial charge in [0.05, 0.1) is 11.6 Å². The van der Waals surface area contributed by atoms with E-state index in [1.54, 1.807) is 24.1 Å². The Bertz CT molecular complexity index is 515. The van der Waals surface area contributed by atoms with Crippen LogP contribution in [-0.2, 0) is 11.3 Å². The number of halogens is 2. The molecule has 0 atom stereocenters. The number of rotatable bonds is 4. The minimum absolute atomic E-state index is 0.0942. The van der Waals surface area contributed by atoms with E-state index in [-0.39, 0.29) is 5.02 Å². The lowest BCUT2D eigenvalue weighted by atomic mass is 10.2. The molecule has 0 fully saturated rings. The molecule has 0 radical (unpaired) electrons. The Labute approximate surface area is 103 Å². The summed E-state index contributed by atoms with van der Waals surface area (Å²) in [4.78, 5) is 0. The van der Waals surface area contributed by atoms with E-state index >= 15 is 0 Å². The lowest BCUT2D eigenvalue weighted by Gasteiger charge is -2.06. The van der Waals surface area contributed by atoms with Gasteiger partial charge in [0.2, 0.25) is 0 Å². The highest BCUT2D eigenvalue weighted by Crippen LogP contribution is 2.22. The summed E-state index contributed by atoms with van der Waals surface area (Å²) in [5.41, 5.74) is 0.639. The molecule has 2 aromatic rings. The van der Waals surface area contributed by atoms with E-state index < -0.39 is 5.82 Å². The summed E-state index contributed by atoms with van der Waals surface area (Å²) in [6, 6.07) is 4.55. The molecule has 2 rings (SSSR count). The third-order valence-electron chi connectivity index (χ3n) is 2.33. The summed E-state index contributed by atoms with van der Waals surface area (Å²) in [6.45, 7) is 1.16. The predicted molar refractivity (Wildman–Crippen MR) is 62.3 cm³/mol. The number of benzene rings is 1. The fourth-order valence-electron chi connectivity index (χ4n) is 1.47. The molecule has 0 aliphatic carbocycles. The molecule has 0 amide bonds. The number of nitrogens with zero attached hydrogens (tertiary/aromatic N) is 3. The number of hydrogen-bond donors (Lipinski definition) is 0. The van der Waals surface area contributed by atoms with E-state index in [2.05, 4.69) is 10.2 Å². The predicted octanol–water partition coefficient (Wildman–Crippen LogP) is 2.38. The molecule has 17 heavy (non-hydrogen) atoms. The Morgan fingerprint density at radius 2 is 2.29 bits per heavy atom. The summed E-state index contributed by atoms with van der Waals surface area (Å²) < 4.78 is 20.1. The molecule has 0 saturated carbocycles. The molecule has 1 aromatic heterocycles. The molecular weight excluding hydrogens is 245 g/mol. The Kier molecular flexibility index (Phi) is 3.71. The number of ether oxygens (including phenoxy) is 1. The van der Waals surface area contributed by atoms with Gasteiger partial charge in [-0.1, -0.05) is 11.6 Å². The van der Waals surface area contributed by atoms with Crippen LogP contribution in [0, 0.1) is 5.82 Å². The summed E-state index contributed by atoms with van der Waals surface area (Å²) in [5.74, 6) is 0.128. The van der Waals surface area contributed by atoms with E-state index in [1.165, 1.54) is 12.1 Å². The normalized spacial score (nSPS) is 10.8. The summed E-state index contributed by atoms with van der Waals surface area (Å²) in [6.07, 6.45) is 1.58. The van der Waals surface area contributed by atoms with Gasteiger partial charge < -0.3 is 9.30 Å². The van der Waals surface area contributed by atoms with Gasteiger partial charge in [-0.2, -0.15) is 0 Å². The monoisotopic (exact) mass is 255 g/mol. The maximum atomic E-state index is 13.3. The van der Waals surface area contributed by atoms with E-state index in [0.717, 1.165) is 0 Å². The van der Waals surface area contributed by atoms with Crippen LogP contribution in [-0.4, -0.2) is 28.5 Å². The molecule has 4 nitrogen and oxygen atoms in total. The van der Waals surface area contributed by atoms with Crippen LogP contribution >= 0.6 is 11.6 Å². The van der Waals surface area contributed by atoms with Crippen molar-refractivity contribution < 1.29 is 9.13 Å². The maximum absolute atomic E-state index is 13.3. The average Bonchev–Trinajstić information content (AvgIpc) is 2.78. The average molecular weight is 256 g/mol. The van der Waals surface area contributed by atoms with Crippen LogP contribution in [0.5, 0.6) is 0 Å². The molecular formula is C11H11ClFN3O. The highest BCUT2D eigenvalue weighted by molar-refractivity contribution is 6.30. The Hall–Kier alpha value is -1.46. The van der Waals surface area contributed by atoms with Crippen molar-refractivity contribution in [1.82, 2.24) is 14.8 Å². The SMILES string of the molecule is COCCn1cnnc1-c1ccc(Cl)c(F)c1. The molecule has 6 heteroatoms. The first-order valence-electron chi connectivity index (χ1n) is 5.04. The summed E-state index contributed by atoms with van der Waals surface area (Å²) in [7, 11) is 1.62. The molecule has 90 valence electrons. The standard InChI is InChI=1S/C11H11ClFN3O/c1-17-5-4-16-7-14-15-11(16)8-2-3-9(12)10(13)6-8/h2-3,6-7H,4-5H2,1H3. The van der Waals surface area contributed by atoms with Gasteiger partial charge in [0.1, 0.15) is 12.1 Å². The van der Waals surface area contributed by atoms with Gasteiger partial charge in [-0.05, 0) is 18.2 Å². The summed E-state index contributed by atoms with van der Waals surface area (Å²) in [5, 5.41) is 7.86. The lowest BCUT2D eigenvalue weighted by molar-refractivity contribution is 0.187. The van der Waals surface area contributed by atoms with Crippen LogP contribution in [0.3, 0.4) is 0 Å². The first-order chi connectivity index (χ1) is 8.22. The van der Waals surface area contributed by atoms with E-state index in [9.17, 15) is 4.39 Å². The van der Waals surface area contributed by atoms with Crippen LogP contribution in [0.1, 0.15) is 0 Å². The third kappa shape index (κ3) is 2.62. The molecule has 0 aliphatic rings. The van der Waals surface area contributed by atoms with E-state index in [4.69, 9.17) is 16.3 Å². The summed E-state index contributed by atoms with van der Waals surface area (Å²) >= 11 is 5.63. The van der Waals surface area contributed by atoms with Crippen molar-refractivity contribution in [1.29, 1.82) is 0 Å². The van der Waals surface area contributed by atoms with Crippen LogP contribution < -0.4 is 0 Å². The molecule has 0 saturated heterocycles. The Morgan fingerprint density at radius 1 is 1.47 bits per heavy atom. The molecule has 0 bridgehead atoms. The van der Waals surface area contributed by atoms with Gasteiger partial charge in [-0.25, -0.2) is 4.39 Å². The zero-order valence-corrected chi connectivity index (χ0v) is 9.99. The Morgan fingerprint density at radius 3 is 3.00 bits per heavy atom. The molecule has 0 spiro atoms. The second kappa shape index (κ2) is 5.25. The van der Waals surface area contributed by atoms with Crippen LogP contribution in [0.4, 0.5) is 4.39 Å². The molecule has 1 aromatic carbocycles. The van der Waals surface area contributed by atoms with Crippen molar-refractivity contribution in [3.8, 4) is 11.4 Å². The number of aromatic nitrogens is 3. The van der Waals surface area contributed by atoms with Crippen molar-refractivity contribution >= 4 is 11.6 Å². The van der Waals surface area contributed by atoms with E-state index in [1.807, 2.05) is 0 Å². The van der Waals surface area contributed by atoms with Crippen molar-refractivity contribution in [3.05, 3.63) is 35.4 Å². The smallest absolute Gasteiger partial charge is 0.163 e. The van der Waals surface area contributed by atoms with Gasteiger partial charge in [0.25, 0.3) is 0 Å². The van der Waals surface area contributed by atoms with Crippen molar-refractivity contribution in [2.45, 2.75) is 6.54 Å². The molecule has 0 N–H and O–H groups in total. The number of methoxy groups -OCH3 is 1. The first-order valence-corrected chi connectivity index (χ1v) is 5.42. The third-order valence-corrected chi connectivity index (χ3v) is 2.64. The molecule has 0 unspecified atom stereocenters. The van der Waals surface area contributed by atoms with Gasteiger partial charge >= 0.3 is 0 Å². The van der Waals surface area contributed by atoms with Crippen LogP contribution in [0.25, 0.3) is 11.4 Å². The van der Waals surface area contributed by atoms with Crippen LogP contribution in [0.2, 0.25) is 5.02 Å². The van der Waals surface area contributed by atoms with E-state index in [0.29, 0.717) is 24.5 Å². The maximum Gasteiger partial charge on any atom is 0.163 e. The van der Waals surface area contributed by atoms with Gasteiger partial charge in [0.15, 0.2) is 5.82 Å². The fourth-order valence-corrected chi connectivity index (χ4v) is 1.58. The number of hydrogen-bond acceptors (Lipinski definition) is 3. The second-order valence-electron chi connectivity index (χ2n) is 3.47. The second-order valence-corrected chi connectivity index (χ2v) is 3.88. The minimum Gasteiger partial charge on any atom is -0.383 e. The largest absolute Gasteiger partial charge is 0.383 e. The zero-order chi connectivity index (χ0) is 12.3. The quantitative estimate of drug-likeness (QED) is 0.842. The molecule has 1 heterocycles. The zero-order valence-electron chi connectivity index (χ0n) is 9.23. The highest BCUT2D eigenvalue weighted by Gasteiger charge is 2.09. The van der Waals surface area contributed by atoms with Gasteiger partial charge in [-0.3, -0.25) is 0 Å². The minimum atomic E-state index is -0.467. The fraction of sp³-hybridized carbons (Fsp3) is 0.273. The van der Waals surface area contributed by atoms with Crippen molar-refractivity contribution in [2.75, 3.05) is 13.7 Å². The van der Waals surface area contributed by atoms with Gasteiger partial charge in [-0.15, -0.1) is 10.2 Å².